The second-order valence-electron chi connectivity index (χ2n) is 5.60. The van der Waals surface area contributed by atoms with Gasteiger partial charge in [-0.3, -0.25) is 9.88 Å². The maximum absolute atomic E-state index is 4.29. The van der Waals surface area contributed by atoms with Gasteiger partial charge < -0.3 is 10.2 Å². The number of anilines is 1. The van der Waals surface area contributed by atoms with Crippen molar-refractivity contribution < 1.29 is 0 Å². The van der Waals surface area contributed by atoms with Gasteiger partial charge in [-0.05, 0) is 32.5 Å². The summed E-state index contributed by atoms with van der Waals surface area (Å²) in [6.45, 7) is 13.3. The molecule has 1 atom stereocenters. The lowest BCUT2D eigenvalue weighted by molar-refractivity contribution is 0.199. The first-order valence-corrected chi connectivity index (χ1v) is 7.88. The Bertz CT molecular complexity index is 407. The van der Waals surface area contributed by atoms with Crippen LogP contribution in [0.5, 0.6) is 0 Å². The highest BCUT2D eigenvalue weighted by Crippen LogP contribution is 2.22. The maximum Gasteiger partial charge on any atom is 0.0443 e. The predicted octanol–water partition coefficient (Wildman–Crippen LogP) is 2.11. The van der Waals surface area contributed by atoms with Crippen LogP contribution >= 0.6 is 0 Å². The minimum absolute atomic E-state index is 0.623. The molecule has 1 fully saturated rings. The molecule has 0 saturated carbocycles. The van der Waals surface area contributed by atoms with Gasteiger partial charge in [0.2, 0.25) is 0 Å². The number of hydrogen-bond donors (Lipinski definition) is 1. The Labute approximate surface area is 123 Å². The van der Waals surface area contributed by atoms with Crippen molar-refractivity contribution >= 4 is 5.69 Å². The van der Waals surface area contributed by atoms with Gasteiger partial charge in [0.15, 0.2) is 0 Å². The molecule has 0 spiro atoms. The third kappa shape index (κ3) is 3.70. The highest BCUT2D eigenvalue weighted by Gasteiger charge is 2.23. The van der Waals surface area contributed by atoms with Crippen LogP contribution in [0.2, 0.25) is 0 Å². The molecule has 1 saturated heterocycles. The van der Waals surface area contributed by atoms with Crippen molar-refractivity contribution in [2.24, 2.45) is 0 Å². The zero-order valence-corrected chi connectivity index (χ0v) is 13.1. The maximum atomic E-state index is 4.29. The zero-order chi connectivity index (χ0) is 14.4. The average molecular weight is 276 g/mol. The molecule has 0 radical (unpaired) electrons. The predicted molar refractivity (Wildman–Crippen MR) is 85.2 cm³/mol. The first-order valence-electron chi connectivity index (χ1n) is 7.88. The lowest BCUT2D eigenvalue weighted by atomic mass is 10.1. The van der Waals surface area contributed by atoms with E-state index in [0.29, 0.717) is 6.04 Å². The van der Waals surface area contributed by atoms with Crippen LogP contribution in [0, 0.1) is 0 Å². The molecule has 4 heteroatoms. The molecule has 0 aromatic carbocycles. The Morgan fingerprint density at radius 1 is 1.35 bits per heavy atom. The van der Waals surface area contributed by atoms with E-state index in [1.807, 2.05) is 12.4 Å². The number of nitrogens with zero attached hydrogens (tertiary/aromatic N) is 3. The summed E-state index contributed by atoms with van der Waals surface area (Å²) < 4.78 is 0. The lowest BCUT2D eigenvalue weighted by Gasteiger charge is -2.41. The summed E-state index contributed by atoms with van der Waals surface area (Å²) in [6.07, 6.45) is 5.09. The van der Waals surface area contributed by atoms with Gasteiger partial charge in [-0.1, -0.05) is 13.8 Å². The number of nitrogens with one attached hydrogen (secondary N) is 1. The van der Waals surface area contributed by atoms with Gasteiger partial charge in [0, 0.05) is 55.9 Å². The van der Waals surface area contributed by atoms with Gasteiger partial charge in [0.1, 0.15) is 0 Å². The van der Waals surface area contributed by atoms with Crippen molar-refractivity contribution in [3.8, 4) is 0 Å². The van der Waals surface area contributed by atoms with Crippen LogP contribution in [-0.2, 0) is 6.54 Å². The third-order valence-corrected chi connectivity index (χ3v) is 4.13. The van der Waals surface area contributed by atoms with Crippen molar-refractivity contribution in [1.82, 2.24) is 15.2 Å². The van der Waals surface area contributed by atoms with Crippen LogP contribution in [0.1, 0.15) is 32.8 Å². The van der Waals surface area contributed by atoms with Crippen LogP contribution in [0.25, 0.3) is 0 Å². The highest BCUT2D eigenvalue weighted by molar-refractivity contribution is 5.52. The third-order valence-electron chi connectivity index (χ3n) is 4.13. The molecule has 2 heterocycles. The van der Waals surface area contributed by atoms with Gasteiger partial charge in [0.05, 0.1) is 0 Å². The van der Waals surface area contributed by atoms with Gasteiger partial charge in [-0.2, -0.15) is 0 Å². The molecule has 112 valence electrons. The summed E-state index contributed by atoms with van der Waals surface area (Å²) in [5.74, 6) is 0. The summed E-state index contributed by atoms with van der Waals surface area (Å²) in [5, 5.41) is 3.48. The van der Waals surface area contributed by atoms with Gasteiger partial charge in [-0.25, -0.2) is 0 Å². The molecule has 4 nitrogen and oxygen atoms in total. The Kier molecular flexibility index (Phi) is 5.80. The minimum atomic E-state index is 0.623. The Morgan fingerprint density at radius 3 is 2.90 bits per heavy atom. The van der Waals surface area contributed by atoms with Crippen LogP contribution in [0.4, 0.5) is 5.69 Å². The number of piperazine rings is 1. The molecule has 0 bridgehead atoms. The molecule has 1 aromatic heterocycles. The minimum Gasteiger partial charge on any atom is -0.368 e. The van der Waals surface area contributed by atoms with E-state index in [-0.39, 0.29) is 0 Å². The normalized spacial score (nSPS) is 20.4. The molecule has 1 aliphatic heterocycles. The fourth-order valence-electron chi connectivity index (χ4n) is 2.95. The summed E-state index contributed by atoms with van der Waals surface area (Å²) in [5.41, 5.74) is 2.67. The average Bonchev–Trinajstić information content (AvgIpc) is 2.48. The second kappa shape index (κ2) is 7.60. The van der Waals surface area contributed by atoms with Crippen LogP contribution in [0.3, 0.4) is 0 Å². The van der Waals surface area contributed by atoms with E-state index in [9.17, 15) is 0 Å². The van der Waals surface area contributed by atoms with Crippen LogP contribution in [0.15, 0.2) is 18.5 Å². The molecule has 1 N–H and O–H groups in total. The number of likely N-dealkylation sites (N-methyl/N-ethyl adjacent to an activating group) is 1. The summed E-state index contributed by atoms with van der Waals surface area (Å²) in [7, 11) is 0. The molecular formula is C16H28N4. The number of aromatic nitrogens is 1. The van der Waals surface area contributed by atoms with Gasteiger partial charge >= 0.3 is 0 Å². The van der Waals surface area contributed by atoms with Crippen molar-refractivity contribution in [3.63, 3.8) is 0 Å². The van der Waals surface area contributed by atoms with E-state index in [2.05, 4.69) is 46.9 Å². The fourth-order valence-corrected chi connectivity index (χ4v) is 2.95. The van der Waals surface area contributed by atoms with E-state index < -0.39 is 0 Å². The Hall–Kier alpha value is -1.13. The quantitative estimate of drug-likeness (QED) is 0.806. The Balaban J connectivity index is 2.04. The van der Waals surface area contributed by atoms with Crippen molar-refractivity contribution in [1.29, 1.82) is 0 Å². The SMILES string of the molecule is CCCNCc1cnccc1N1CCN(CC)C(C)C1. The van der Waals surface area contributed by atoms with Crippen molar-refractivity contribution in [2.45, 2.75) is 39.8 Å². The molecule has 0 aliphatic carbocycles. The van der Waals surface area contributed by atoms with Crippen LogP contribution in [-0.4, -0.2) is 48.6 Å². The van der Waals surface area contributed by atoms with Crippen LogP contribution < -0.4 is 10.2 Å². The summed E-state index contributed by atoms with van der Waals surface area (Å²) in [4.78, 5) is 9.36. The van der Waals surface area contributed by atoms with E-state index in [0.717, 1.165) is 39.3 Å². The molecule has 20 heavy (non-hydrogen) atoms. The van der Waals surface area contributed by atoms with Crippen molar-refractivity contribution in [2.75, 3.05) is 37.6 Å². The smallest absolute Gasteiger partial charge is 0.0443 e. The topological polar surface area (TPSA) is 31.4 Å². The number of hydrogen-bond acceptors (Lipinski definition) is 4. The highest BCUT2D eigenvalue weighted by atomic mass is 15.3. The molecule has 1 unspecified atom stereocenters. The number of pyridine rings is 1. The Morgan fingerprint density at radius 2 is 2.20 bits per heavy atom. The summed E-state index contributed by atoms with van der Waals surface area (Å²) in [6, 6.07) is 2.79. The van der Waals surface area contributed by atoms with E-state index in [4.69, 9.17) is 0 Å². The monoisotopic (exact) mass is 276 g/mol. The standard InChI is InChI=1S/C16H28N4/c1-4-7-17-11-15-12-18-8-6-16(15)20-10-9-19(5-2)14(3)13-20/h6,8,12,14,17H,4-5,7,9-11,13H2,1-3H3. The van der Waals surface area contributed by atoms with E-state index in [1.54, 1.807) is 0 Å². The van der Waals surface area contributed by atoms with E-state index >= 15 is 0 Å². The summed E-state index contributed by atoms with van der Waals surface area (Å²) >= 11 is 0. The van der Waals surface area contributed by atoms with E-state index in [1.165, 1.54) is 17.7 Å². The first-order chi connectivity index (χ1) is 9.76. The molecule has 0 amide bonds. The van der Waals surface area contributed by atoms with Crippen molar-refractivity contribution in [3.05, 3.63) is 24.0 Å². The molecular weight excluding hydrogens is 248 g/mol. The fraction of sp³-hybridized carbons (Fsp3) is 0.688. The first kappa shape index (κ1) is 15.3. The molecule has 1 aliphatic rings. The molecule has 2 rings (SSSR count). The largest absolute Gasteiger partial charge is 0.368 e. The molecule has 1 aromatic rings. The van der Waals surface area contributed by atoms with Gasteiger partial charge in [0.25, 0.3) is 0 Å². The zero-order valence-electron chi connectivity index (χ0n) is 13.1. The second-order valence-corrected chi connectivity index (χ2v) is 5.60. The number of rotatable bonds is 6. The lowest BCUT2D eigenvalue weighted by Crippen LogP contribution is -2.52. The van der Waals surface area contributed by atoms with Gasteiger partial charge in [-0.15, -0.1) is 0 Å².